The zero-order valence-corrected chi connectivity index (χ0v) is 11.4. The minimum atomic E-state index is -0.515. The van der Waals surface area contributed by atoms with Crippen LogP contribution < -0.4 is 10.4 Å². The van der Waals surface area contributed by atoms with Crippen LogP contribution in [0.4, 0.5) is 0 Å². The van der Waals surface area contributed by atoms with E-state index in [0.717, 1.165) is 10.9 Å². The Morgan fingerprint density at radius 1 is 1.33 bits per heavy atom. The highest BCUT2D eigenvalue weighted by Crippen LogP contribution is 2.15. The predicted molar refractivity (Wildman–Crippen MR) is 77.7 cm³/mol. The molecule has 21 heavy (non-hydrogen) atoms. The average molecular weight is 283 g/mol. The number of methoxy groups -OCH3 is 1. The van der Waals surface area contributed by atoms with E-state index in [9.17, 15) is 9.59 Å². The Bertz CT molecular complexity index is 831. The molecule has 6 nitrogen and oxygen atoms in total. The number of nitrogens with one attached hydrogen (secondary N) is 1. The molecule has 0 fully saturated rings. The molecule has 0 radical (unpaired) electrons. The molecule has 0 spiro atoms. The third kappa shape index (κ3) is 2.55. The molecule has 0 unspecified atom stereocenters. The van der Waals surface area contributed by atoms with Gasteiger partial charge in [-0.15, -0.1) is 0 Å². The first-order valence-corrected chi connectivity index (χ1v) is 6.40. The predicted octanol–water partition coefficient (Wildman–Crippen LogP) is 1.62. The van der Waals surface area contributed by atoms with E-state index in [1.165, 1.54) is 17.9 Å². The second kappa shape index (κ2) is 5.24. The molecule has 0 saturated carbocycles. The number of fused-ring (bicyclic) bond motifs is 1. The number of hydrogen-bond donors (Lipinski definition) is 1. The number of carbonyl (C=O) groups excluding carboxylic acids is 1. The monoisotopic (exact) mass is 283 g/mol. The Hall–Kier alpha value is -2.89. The summed E-state index contributed by atoms with van der Waals surface area (Å²) in [5.41, 5.74) is 0.846. The number of para-hydroxylation sites is 1. The normalized spacial score (nSPS) is 10.7. The van der Waals surface area contributed by atoms with Crippen LogP contribution in [0.15, 0.2) is 47.4 Å². The van der Waals surface area contributed by atoms with Crippen LogP contribution in [0.5, 0.6) is 5.88 Å². The topological polar surface area (TPSA) is 77.0 Å². The summed E-state index contributed by atoms with van der Waals surface area (Å²) in [6.07, 6.45) is 1.49. The highest BCUT2D eigenvalue weighted by Gasteiger charge is 2.11. The fraction of sp³-hybridized carbons (Fsp3) is 0.133. The van der Waals surface area contributed by atoms with E-state index in [-0.39, 0.29) is 18.2 Å². The van der Waals surface area contributed by atoms with Crippen molar-refractivity contribution in [3.05, 3.63) is 58.8 Å². The molecule has 6 heteroatoms. The molecule has 3 rings (SSSR count). The molecule has 0 amide bonds. The minimum absolute atomic E-state index is 0.0668. The van der Waals surface area contributed by atoms with Gasteiger partial charge in [0.05, 0.1) is 19.3 Å². The van der Waals surface area contributed by atoms with Gasteiger partial charge in [-0.1, -0.05) is 18.2 Å². The summed E-state index contributed by atoms with van der Waals surface area (Å²) in [6, 6.07) is 10.9. The van der Waals surface area contributed by atoms with Crippen LogP contribution in [0.25, 0.3) is 10.9 Å². The molecule has 1 N–H and O–H groups in total. The van der Waals surface area contributed by atoms with Gasteiger partial charge in [0.2, 0.25) is 5.88 Å². The Balaban J connectivity index is 1.87. The molecule has 2 heterocycles. The lowest BCUT2D eigenvalue weighted by Gasteiger charge is -2.04. The molecule has 0 aliphatic rings. The largest absolute Gasteiger partial charge is 0.481 e. The van der Waals surface area contributed by atoms with Crippen molar-refractivity contribution in [3.8, 4) is 5.88 Å². The van der Waals surface area contributed by atoms with Crippen molar-refractivity contribution in [1.29, 1.82) is 0 Å². The molecule has 3 aromatic rings. The maximum absolute atomic E-state index is 12.2. The lowest BCUT2D eigenvalue weighted by Crippen LogP contribution is -2.26. The lowest BCUT2D eigenvalue weighted by molar-refractivity contribution is 0.0966. The number of H-pyrrole nitrogens is 1. The quantitative estimate of drug-likeness (QED) is 0.738. The molecule has 106 valence electrons. The number of aromatic amines is 1. The van der Waals surface area contributed by atoms with E-state index in [4.69, 9.17) is 4.74 Å². The number of ketones is 1. The standard InChI is InChI=1S/C15H13N3O3/c1-21-14-6-7-18(15(20)17-14)9-13(19)12-8-10-4-2-3-5-11(10)16-12/h2-8,16H,9H2,1H3. The number of ether oxygens (including phenoxy) is 1. The summed E-state index contributed by atoms with van der Waals surface area (Å²) in [7, 11) is 1.43. The van der Waals surface area contributed by atoms with Gasteiger partial charge in [0.25, 0.3) is 0 Å². The van der Waals surface area contributed by atoms with Crippen LogP contribution in [0.1, 0.15) is 10.5 Å². The van der Waals surface area contributed by atoms with Gasteiger partial charge in [0.15, 0.2) is 5.78 Å². The number of Topliss-reactive ketones (excluding diaryl/α,β-unsaturated/α-hetero) is 1. The highest BCUT2D eigenvalue weighted by molar-refractivity contribution is 5.99. The first-order valence-electron chi connectivity index (χ1n) is 6.40. The molecular formula is C15H13N3O3. The fourth-order valence-electron chi connectivity index (χ4n) is 2.11. The third-order valence-corrected chi connectivity index (χ3v) is 3.20. The second-order valence-electron chi connectivity index (χ2n) is 4.57. The Labute approximate surface area is 120 Å². The Morgan fingerprint density at radius 3 is 2.86 bits per heavy atom. The molecule has 0 atom stereocenters. The summed E-state index contributed by atoms with van der Waals surface area (Å²) in [5.74, 6) is 0.0505. The summed E-state index contributed by atoms with van der Waals surface area (Å²) >= 11 is 0. The fourth-order valence-corrected chi connectivity index (χ4v) is 2.11. The van der Waals surface area contributed by atoms with Crippen molar-refractivity contribution in [2.75, 3.05) is 7.11 Å². The first kappa shape index (κ1) is 13.1. The average Bonchev–Trinajstić information content (AvgIpc) is 2.93. The Kier molecular flexibility index (Phi) is 3.27. The van der Waals surface area contributed by atoms with E-state index in [0.29, 0.717) is 5.69 Å². The van der Waals surface area contributed by atoms with Gasteiger partial charge in [-0.25, -0.2) is 4.79 Å². The van der Waals surface area contributed by atoms with E-state index < -0.39 is 5.69 Å². The van der Waals surface area contributed by atoms with E-state index >= 15 is 0 Å². The van der Waals surface area contributed by atoms with Crippen molar-refractivity contribution in [3.63, 3.8) is 0 Å². The molecule has 0 saturated heterocycles. The van der Waals surface area contributed by atoms with Gasteiger partial charge in [-0.05, 0) is 12.1 Å². The number of aromatic nitrogens is 3. The number of carbonyl (C=O) groups is 1. The maximum Gasteiger partial charge on any atom is 0.351 e. The van der Waals surface area contributed by atoms with Gasteiger partial charge >= 0.3 is 5.69 Å². The van der Waals surface area contributed by atoms with Crippen molar-refractivity contribution >= 4 is 16.7 Å². The molecule has 0 aliphatic heterocycles. The van der Waals surface area contributed by atoms with Crippen LogP contribution in [0.2, 0.25) is 0 Å². The SMILES string of the molecule is COc1ccn(CC(=O)c2cc3ccccc3[nH]2)c(=O)n1. The summed E-state index contributed by atoms with van der Waals surface area (Å²) < 4.78 is 6.11. The van der Waals surface area contributed by atoms with E-state index in [1.807, 2.05) is 24.3 Å². The lowest BCUT2D eigenvalue weighted by atomic mass is 10.2. The van der Waals surface area contributed by atoms with Gasteiger partial charge in [0.1, 0.15) is 0 Å². The molecule has 2 aromatic heterocycles. The van der Waals surface area contributed by atoms with Crippen molar-refractivity contribution in [2.45, 2.75) is 6.54 Å². The van der Waals surface area contributed by atoms with Crippen LogP contribution in [0, 0.1) is 0 Å². The number of hydrogen-bond acceptors (Lipinski definition) is 4. The maximum atomic E-state index is 12.2. The van der Waals surface area contributed by atoms with Gasteiger partial charge in [-0.3, -0.25) is 9.36 Å². The number of nitrogens with zero attached hydrogens (tertiary/aromatic N) is 2. The molecule has 0 bridgehead atoms. The molecular weight excluding hydrogens is 270 g/mol. The second-order valence-corrected chi connectivity index (χ2v) is 4.57. The molecule has 1 aromatic carbocycles. The van der Waals surface area contributed by atoms with Crippen molar-refractivity contribution < 1.29 is 9.53 Å². The van der Waals surface area contributed by atoms with Crippen LogP contribution in [-0.2, 0) is 6.54 Å². The van der Waals surface area contributed by atoms with Crippen molar-refractivity contribution in [1.82, 2.24) is 14.5 Å². The van der Waals surface area contributed by atoms with Gasteiger partial charge < -0.3 is 9.72 Å². The van der Waals surface area contributed by atoms with E-state index in [1.54, 1.807) is 12.1 Å². The van der Waals surface area contributed by atoms with Crippen LogP contribution >= 0.6 is 0 Å². The minimum Gasteiger partial charge on any atom is -0.481 e. The number of rotatable bonds is 4. The van der Waals surface area contributed by atoms with Gasteiger partial charge in [0, 0.05) is 23.2 Å². The van der Waals surface area contributed by atoms with Crippen LogP contribution in [-0.4, -0.2) is 27.4 Å². The Morgan fingerprint density at radius 2 is 2.14 bits per heavy atom. The number of benzene rings is 1. The van der Waals surface area contributed by atoms with Gasteiger partial charge in [-0.2, -0.15) is 4.98 Å². The van der Waals surface area contributed by atoms with E-state index in [2.05, 4.69) is 9.97 Å². The summed E-state index contributed by atoms with van der Waals surface area (Å²) in [4.78, 5) is 30.7. The summed E-state index contributed by atoms with van der Waals surface area (Å²) in [5, 5.41) is 0.959. The highest BCUT2D eigenvalue weighted by atomic mass is 16.5. The zero-order valence-electron chi connectivity index (χ0n) is 11.4. The van der Waals surface area contributed by atoms with Crippen LogP contribution in [0.3, 0.4) is 0 Å². The summed E-state index contributed by atoms with van der Waals surface area (Å²) in [6.45, 7) is -0.0668. The first-order chi connectivity index (χ1) is 10.2. The third-order valence-electron chi connectivity index (χ3n) is 3.20. The molecule has 0 aliphatic carbocycles. The zero-order chi connectivity index (χ0) is 14.8. The van der Waals surface area contributed by atoms with Crippen molar-refractivity contribution in [2.24, 2.45) is 0 Å². The smallest absolute Gasteiger partial charge is 0.351 e.